The van der Waals surface area contributed by atoms with E-state index in [1.54, 1.807) is 11.8 Å². The lowest BCUT2D eigenvalue weighted by Gasteiger charge is -2.43. The van der Waals surface area contributed by atoms with Gasteiger partial charge in [-0.05, 0) is 12.8 Å². The van der Waals surface area contributed by atoms with Gasteiger partial charge in [0.25, 0.3) is 0 Å². The highest BCUT2D eigenvalue weighted by Crippen LogP contribution is 2.36. The maximum Gasteiger partial charge on any atom is 0.217 e. The molecule has 2 fully saturated rings. The molecule has 1 saturated heterocycles. The van der Waals surface area contributed by atoms with Crippen LogP contribution in [0.25, 0.3) is 0 Å². The fraction of sp³-hybridized carbons (Fsp3) is 0.929. The summed E-state index contributed by atoms with van der Waals surface area (Å²) in [5.74, 6) is -0.272. The molecule has 0 aromatic heterocycles. The van der Waals surface area contributed by atoms with Crippen molar-refractivity contribution in [1.29, 1.82) is 0 Å². The van der Waals surface area contributed by atoms with Crippen molar-refractivity contribution in [3.8, 4) is 0 Å². The number of carbonyl (C=O) groups is 1. The second kappa shape index (κ2) is 7.78. The van der Waals surface area contributed by atoms with Gasteiger partial charge in [0.05, 0.1) is 12.6 Å². The zero-order chi connectivity index (χ0) is 15.4. The minimum absolute atomic E-state index is 0.272. The first-order valence-electron chi connectivity index (χ1n) is 7.58. The van der Waals surface area contributed by atoms with Crippen molar-refractivity contribution in [1.82, 2.24) is 5.32 Å². The number of amides is 1. The van der Waals surface area contributed by atoms with E-state index in [9.17, 15) is 20.1 Å². The minimum atomic E-state index is -1.20. The first-order chi connectivity index (χ1) is 10.0. The van der Waals surface area contributed by atoms with Gasteiger partial charge in [-0.1, -0.05) is 19.3 Å². The van der Waals surface area contributed by atoms with E-state index in [-0.39, 0.29) is 12.5 Å². The fourth-order valence-electron chi connectivity index (χ4n) is 2.98. The van der Waals surface area contributed by atoms with Gasteiger partial charge < -0.3 is 25.4 Å². The molecule has 0 bridgehead atoms. The molecule has 2 aliphatic rings. The van der Waals surface area contributed by atoms with Gasteiger partial charge >= 0.3 is 0 Å². The summed E-state index contributed by atoms with van der Waals surface area (Å²) in [6.07, 6.45) is 2.66. The SMILES string of the molecule is CC(=O)N[C@@H]1[C@@H](O)[C@H](O)[C@@H](CO)O[C@@H]1SC1CCCCC1. The number of nitrogens with one attached hydrogen (secondary N) is 1. The Morgan fingerprint density at radius 3 is 2.48 bits per heavy atom. The quantitative estimate of drug-likeness (QED) is 0.582. The van der Waals surface area contributed by atoms with Crippen LogP contribution < -0.4 is 5.32 Å². The molecule has 2 rings (SSSR count). The molecule has 1 aliphatic heterocycles. The molecule has 0 aromatic carbocycles. The van der Waals surface area contributed by atoms with Crippen LogP contribution in [0.1, 0.15) is 39.0 Å². The van der Waals surface area contributed by atoms with E-state index in [2.05, 4.69) is 5.32 Å². The van der Waals surface area contributed by atoms with Crippen LogP contribution >= 0.6 is 11.8 Å². The zero-order valence-corrected chi connectivity index (χ0v) is 13.1. The van der Waals surface area contributed by atoms with Gasteiger partial charge in [-0.3, -0.25) is 4.79 Å². The molecule has 0 spiro atoms. The van der Waals surface area contributed by atoms with Crippen LogP contribution in [0.2, 0.25) is 0 Å². The normalized spacial score (nSPS) is 38.2. The van der Waals surface area contributed by atoms with Gasteiger partial charge in [0.15, 0.2) is 0 Å². The molecule has 122 valence electrons. The lowest BCUT2D eigenvalue weighted by Crippen LogP contribution is -2.63. The van der Waals surface area contributed by atoms with Crippen molar-refractivity contribution in [3.63, 3.8) is 0 Å². The predicted octanol–water partition coefficient (Wildman–Crippen LogP) is -0.00400. The summed E-state index contributed by atoms with van der Waals surface area (Å²) < 4.78 is 5.72. The summed E-state index contributed by atoms with van der Waals surface area (Å²) in [5.41, 5.74) is -0.451. The number of thioether (sulfide) groups is 1. The van der Waals surface area contributed by atoms with Crippen molar-refractivity contribution in [2.45, 2.75) is 74.1 Å². The van der Waals surface area contributed by atoms with Crippen molar-refractivity contribution in [2.75, 3.05) is 6.61 Å². The average Bonchev–Trinajstić information content (AvgIpc) is 2.47. The molecule has 7 heteroatoms. The monoisotopic (exact) mass is 319 g/mol. The first kappa shape index (κ1) is 17.0. The van der Waals surface area contributed by atoms with Gasteiger partial charge in [-0.2, -0.15) is 0 Å². The second-order valence-electron chi connectivity index (χ2n) is 5.83. The van der Waals surface area contributed by atoms with Gasteiger partial charge in [-0.15, -0.1) is 11.8 Å². The van der Waals surface area contributed by atoms with Gasteiger partial charge in [0.2, 0.25) is 5.91 Å². The number of hydrogen-bond acceptors (Lipinski definition) is 6. The molecular formula is C14H25NO5S. The van der Waals surface area contributed by atoms with Crippen LogP contribution in [-0.4, -0.2) is 62.9 Å². The fourth-order valence-corrected chi connectivity index (χ4v) is 4.57. The predicted molar refractivity (Wildman–Crippen MR) is 79.8 cm³/mol. The molecule has 1 amide bonds. The Hall–Kier alpha value is -0.340. The Kier molecular flexibility index (Phi) is 6.31. The Morgan fingerprint density at radius 1 is 1.24 bits per heavy atom. The molecule has 4 N–H and O–H groups in total. The second-order valence-corrected chi connectivity index (χ2v) is 7.23. The molecular weight excluding hydrogens is 294 g/mol. The Bertz CT molecular complexity index is 350. The Balaban J connectivity index is 2.06. The summed E-state index contributed by atoms with van der Waals surface area (Å²) in [4.78, 5) is 11.3. The van der Waals surface area contributed by atoms with Crippen molar-refractivity contribution < 1.29 is 24.9 Å². The summed E-state index contributed by atoms with van der Waals surface area (Å²) in [6, 6.07) is -0.660. The van der Waals surface area contributed by atoms with E-state index < -0.39 is 29.8 Å². The molecule has 0 unspecified atom stereocenters. The van der Waals surface area contributed by atoms with Crippen molar-refractivity contribution in [2.24, 2.45) is 0 Å². The zero-order valence-electron chi connectivity index (χ0n) is 12.3. The van der Waals surface area contributed by atoms with E-state index in [1.807, 2.05) is 0 Å². The summed E-state index contributed by atoms with van der Waals surface area (Å²) in [6.45, 7) is 1.02. The molecule has 1 aliphatic carbocycles. The molecule has 6 nitrogen and oxygen atoms in total. The summed E-state index contributed by atoms with van der Waals surface area (Å²) >= 11 is 1.60. The van der Waals surface area contributed by atoms with Gasteiger partial charge in [0, 0.05) is 12.2 Å². The third kappa shape index (κ3) is 4.32. The van der Waals surface area contributed by atoms with E-state index in [0.29, 0.717) is 5.25 Å². The molecule has 1 heterocycles. The van der Waals surface area contributed by atoms with E-state index in [1.165, 1.54) is 26.2 Å². The van der Waals surface area contributed by atoms with Gasteiger partial charge in [0.1, 0.15) is 23.7 Å². The van der Waals surface area contributed by atoms with Crippen LogP contribution in [-0.2, 0) is 9.53 Å². The average molecular weight is 319 g/mol. The molecule has 0 aromatic rings. The van der Waals surface area contributed by atoms with Crippen LogP contribution in [0.15, 0.2) is 0 Å². The lowest BCUT2D eigenvalue weighted by molar-refractivity contribution is -0.173. The smallest absolute Gasteiger partial charge is 0.217 e. The number of aliphatic hydroxyl groups excluding tert-OH is 3. The van der Waals surface area contributed by atoms with Crippen molar-refractivity contribution >= 4 is 17.7 Å². The largest absolute Gasteiger partial charge is 0.394 e. The highest BCUT2D eigenvalue weighted by Gasteiger charge is 2.45. The van der Waals surface area contributed by atoms with Crippen LogP contribution in [0.5, 0.6) is 0 Å². The van der Waals surface area contributed by atoms with Gasteiger partial charge in [-0.25, -0.2) is 0 Å². The topological polar surface area (TPSA) is 99.0 Å². The highest BCUT2D eigenvalue weighted by atomic mass is 32.2. The van der Waals surface area contributed by atoms with Crippen LogP contribution in [0.4, 0.5) is 0 Å². The van der Waals surface area contributed by atoms with E-state index >= 15 is 0 Å². The number of hydrogen-bond donors (Lipinski definition) is 4. The molecule has 5 atom stereocenters. The van der Waals surface area contributed by atoms with Crippen LogP contribution in [0, 0.1) is 0 Å². The molecule has 0 radical (unpaired) electrons. The lowest BCUT2D eigenvalue weighted by atomic mass is 9.98. The van der Waals surface area contributed by atoms with Crippen molar-refractivity contribution in [3.05, 3.63) is 0 Å². The Labute approximate surface area is 129 Å². The summed E-state index contributed by atoms with van der Waals surface area (Å²) in [5, 5.41) is 32.5. The third-order valence-electron chi connectivity index (χ3n) is 4.13. The molecule has 21 heavy (non-hydrogen) atoms. The highest BCUT2D eigenvalue weighted by molar-refractivity contribution is 8.00. The number of rotatable bonds is 4. The number of aliphatic hydroxyl groups is 3. The number of ether oxygens (including phenoxy) is 1. The van der Waals surface area contributed by atoms with Crippen LogP contribution in [0.3, 0.4) is 0 Å². The summed E-state index contributed by atoms with van der Waals surface area (Å²) in [7, 11) is 0. The first-order valence-corrected chi connectivity index (χ1v) is 8.52. The maximum atomic E-state index is 11.3. The van der Waals surface area contributed by atoms with E-state index in [4.69, 9.17) is 4.74 Å². The minimum Gasteiger partial charge on any atom is -0.394 e. The third-order valence-corrected chi connectivity index (χ3v) is 5.66. The number of carbonyl (C=O) groups excluding carboxylic acids is 1. The standard InChI is InChI=1S/C14H25NO5S/c1-8(17)15-11-13(19)12(18)10(7-16)20-14(11)21-9-5-3-2-4-6-9/h9-14,16,18-19H,2-7H2,1H3,(H,15,17)/t10-,11-,12-,13-,14-/m1/s1. The van der Waals surface area contributed by atoms with E-state index in [0.717, 1.165) is 12.8 Å². The molecule has 1 saturated carbocycles. The maximum absolute atomic E-state index is 11.3. The Morgan fingerprint density at radius 2 is 1.90 bits per heavy atom.